The molecular formula is C16H17FN2S. The van der Waals surface area contributed by atoms with Crippen LogP contribution in [0.5, 0.6) is 0 Å². The zero-order valence-electron chi connectivity index (χ0n) is 11.2. The quantitative estimate of drug-likeness (QED) is 0.929. The minimum atomic E-state index is -0.180. The third kappa shape index (κ3) is 2.38. The van der Waals surface area contributed by atoms with Crippen molar-refractivity contribution in [3.05, 3.63) is 51.2 Å². The lowest BCUT2D eigenvalue weighted by Gasteiger charge is -2.16. The Morgan fingerprint density at radius 1 is 1.20 bits per heavy atom. The second-order valence-electron chi connectivity index (χ2n) is 5.70. The summed E-state index contributed by atoms with van der Waals surface area (Å²) in [6, 6.07) is 7.56. The molecule has 0 amide bonds. The molecule has 1 aromatic carbocycles. The average molecular weight is 288 g/mol. The minimum Gasteiger partial charge on any atom is -0.301 e. The second-order valence-corrected chi connectivity index (χ2v) is 6.82. The van der Waals surface area contributed by atoms with E-state index < -0.39 is 0 Å². The topological polar surface area (TPSA) is 24.9 Å². The van der Waals surface area contributed by atoms with Crippen molar-refractivity contribution in [1.82, 2.24) is 10.3 Å². The van der Waals surface area contributed by atoms with E-state index in [1.807, 2.05) is 23.5 Å². The number of aryl methyl sites for hydroxylation is 2. The first kappa shape index (κ1) is 12.5. The maximum atomic E-state index is 13.1. The van der Waals surface area contributed by atoms with E-state index in [0.717, 1.165) is 17.0 Å². The smallest absolute Gasteiger partial charge is 0.123 e. The molecule has 2 aliphatic carbocycles. The number of hydrogen-bond acceptors (Lipinski definition) is 3. The Bertz CT molecular complexity index is 594. The van der Waals surface area contributed by atoms with Gasteiger partial charge in [-0.3, -0.25) is 0 Å². The highest BCUT2D eigenvalue weighted by Gasteiger charge is 2.29. The molecule has 20 heavy (non-hydrogen) atoms. The van der Waals surface area contributed by atoms with E-state index in [2.05, 4.69) is 5.32 Å². The molecule has 0 bridgehead atoms. The molecule has 4 heteroatoms. The summed E-state index contributed by atoms with van der Waals surface area (Å²) in [5.41, 5.74) is 2.40. The largest absolute Gasteiger partial charge is 0.301 e. The Balaban J connectivity index is 1.68. The minimum absolute atomic E-state index is 0.124. The van der Waals surface area contributed by atoms with E-state index in [9.17, 15) is 4.39 Å². The van der Waals surface area contributed by atoms with Crippen LogP contribution in [0.1, 0.15) is 46.4 Å². The van der Waals surface area contributed by atoms with Gasteiger partial charge in [0.15, 0.2) is 0 Å². The first-order chi connectivity index (χ1) is 9.79. The van der Waals surface area contributed by atoms with Crippen LogP contribution >= 0.6 is 11.3 Å². The second kappa shape index (κ2) is 4.93. The number of fused-ring (bicyclic) bond motifs is 1. The zero-order chi connectivity index (χ0) is 13.5. The molecule has 1 N–H and O–H groups in total. The highest BCUT2D eigenvalue weighted by atomic mass is 32.1. The SMILES string of the molecule is Fc1ccc(C(NC2CC2)c2nc3c(s2)CCC3)cc1. The monoisotopic (exact) mass is 288 g/mol. The third-order valence-corrected chi connectivity index (χ3v) is 5.26. The van der Waals surface area contributed by atoms with Crippen LogP contribution in [-0.4, -0.2) is 11.0 Å². The summed E-state index contributed by atoms with van der Waals surface area (Å²) in [5.74, 6) is -0.180. The maximum absolute atomic E-state index is 13.1. The number of thiazole rings is 1. The molecule has 4 rings (SSSR count). The molecule has 1 aromatic heterocycles. The number of benzene rings is 1. The first-order valence-electron chi connectivity index (χ1n) is 7.29. The molecule has 1 saturated carbocycles. The van der Waals surface area contributed by atoms with Gasteiger partial charge >= 0.3 is 0 Å². The predicted molar refractivity (Wildman–Crippen MR) is 78.5 cm³/mol. The molecule has 0 radical (unpaired) electrons. The first-order valence-corrected chi connectivity index (χ1v) is 8.11. The van der Waals surface area contributed by atoms with Crippen molar-refractivity contribution in [2.75, 3.05) is 0 Å². The molecule has 2 aliphatic rings. The Morgan fingerprint density at radius 2 is 2.00 bits per heavy atom. The molecule has 1 atom stereocenters. The van der Waals surface area contributed by atoms with Gasteiger partial charge in [0.2, 0.25) is 0 Å². The fraction of sp³-hybridized carbons (Fsp3) is 0.438. The van der Waals surface area contributed by atoms with Gasteiger partial charge in [0.25, 0.3) is 0 Å². The van der Waals surface area contributed by atoms with Crippen LogP contribution in [0.25, 0.3) is 0 Å². The van der Waals surface area contributed by atoms with E-state index in [0.29, 0.717) is 6.04 Å². The number of rotatable bonds is 4. The van der Waals surface area contributed by atoms with E-state index in [-0.39, 0.29) is 11.9 Å². The van der Waals surface area contributed by atoms with Gasteiger partial charge in [0.1, 0.15) is 10.8 Å². The zero-order valence-corrected chi connectivity index (χ0v) is 12.0. The van der Waals surface area contributed by atoms with Crippen LogP contribution in [0.4, 0.5) is 4.39 Å². The number of nitrogens with one attached hydrogen (secondary N) is 1. The van der Waals surface area contributed by atoms with E-state index in [1.54, 1.807) is 0 Å². The van der Waals surface area contributed by atoms with Crippen molar-refractivity contribution < 1.29 is 4.39 Å². The predicted octanol–water partition coefficient (Wildman–Crippen LogP) is 3.61. The van der Waals surface area contributed by atoms with Crippen LogP contribution < -0.4 is 5.32 Å². The van der Waals surface area contributed by atoms with E-state index in [4.69, 9.17) is 4.98 Å². The number of nitrogens with zero attached hydrogens (tertiary/aromatic N) is 1. The molecule has 104 valence electrons. The van der Waals surface area contributed by atoms with E-state index in [1.165, 1.54) is 48.4 Å². The summed E-state index contributed by atoms with van der Waals surface area (Å²) in [7, 11) is 0. The lowest BCUT2D eigenvalue weighted by molar-refractivity contribution is 0.591. The van der Waals surface area contributed by atoms with Gasteiger partial charge in [-0.05, 0) is 49.8 Å². The number of halogens is 1. The van der Waals surface area contributed by atoms with Gasteiger partial charge < -0.3 is 5.32 Å². The van der Waals surface area contributed by atoms with Crippen LogP contribution in [0, 0.1) is 5.82 Å². The summed E-state index contributed by atoms with van der Waals surface area (Å²) in [6.07, 6.45) is 6.01. The summed E-state index contributed by atoms with van der Waals surface area (Å²) < 4.78 is 13.1. The Kier molecular flexibility index (Phi) is 3.08. The molecule has 2 aromatic rings. The van der Waals surface area contributed by atoms with Crippen molar-refractivity contribution in [3.63, 3.8) is 0 Å². The normalized spacial score (nSPS) is 19.1. The molecule has 0 aliphatic heterocycles. The molecule has 0 spiro atoms. The van der Waals surface area contributed by atoms with Crippen LogP contribution in [-0.2, 0) is 12.8 Å². The summed E-state index contributed by atoms with van der Waals surface area (Å²) >= 11 is 1.83. The number of hydrogen-bond donors (Lipinski definition) is 1. The third-order valence-electron chi connectivity index (χ3n) is 4.04. The maximum Gasteiger partial charge on any atom is 0.123 e. The van der Waals surface area contributed by atoms with Crippen molar-refractivity contribution in [3.8, 4) is 0 Å². The van der Waals surface area contributed by atoms with Crippen molar-refractivity contribution in [1.29, 1.82) is 0 Å². The molecule has 1 unspecified atom stereocenters. The van der Waals surface area contributed by atoms with Crippen LogP contribution in [0.3, 0.4) is 0 Å². The van der Waals surface area contributed by atoms with Gasteiger partial charge in [0, 0.05) is 10.9 Å². The summed E-state index contributed by atoms with van der Waals surface area (Å²) in [6.45, 7) is 0. The molecular weight excluding hydrogens is 271 g/mol. The van der Waals surface area contributed by atoms with Crippen molar-refractivity contribution >= 4 is 11.3 Å². The van der Waals surface area contributed by atoms with Gasteiger partial charge in [-0.2, -0.15) is 0 Å². The van der Waals surface area contributed by atoms with Gasteiger partial charge in [-0.1, -0.05) is 12.1 Å². The Morgan fingerprint density at radius 3 is 2.70 bits per heavy atom. The summed E-state index contributed by atoms with van der Waals surface area (Å²) in [5, 5.41) is 4.80. The summed E-state index contributed by atoms with van der Waals surface area (Å²) in [4.78, 5) is 6.28. The van der Waals surface area contributed by atoms with Crippen LogP contribution in [0.2, 0.25) is 0 Å². The molecule has 1 heterocycles. The standard InChI is InChI=1S/C16H17FN2S/c17-11-6-4-10(5-7-11)15(18-12-8-9-12)16-19-13-2-1-3-14(13)20-16/h4-7,12,15,18H,1-3,8-9H2. The average Bonchev–Trinajstić information content (AvgIpc) is 3.01. The Labute approximate surface area is 122 Å². The number of aromatic nitrogens is 1. The lowest BCUT2D eigenvalue weighted by atomic mass is 10.1. The van der Waals surface area contributed by atoms with Crippen LogP contribution in [0.15, 0.2) is 24.3 Å². The Hall–Kier alpha value is -1.26. The fourth-order valence-electron chi connectivity index (χ4n) is 2.78. The highest BCUT2D eigenvalue weighted by molar-refractivity contribution is 7.11. The van der Waals surface area contributed by atoms with Gasteiger partial charge in [-0.25, -0.2) is 9.37 Å². The highest BCUT2D eigenvalue weighted by Crippen LogP contribution is 2.35. The van der Waals surface area contributed by atoms with Gasteiger partial charge in [0.05, 0.1) is 11.7 Å². The van der Waals surface area contributed by atoms with E-state index >= 15 is 0 Å². The molecule has 0 saturated heterocycles. The van der Waals surface area contributed by atoms with Gasteiger partial charge in [-0.15, -0.1) is 11.3 Å². The molecule has 2 nitrogen and oxygen atoms in total. The van der Waals surface area contributed by atoms with Crippen molar-refractivity contribution in [2.45, 2.75) is 44.2 Å². The molecule has 1 fully saturated rings. The lowest BCUT2D eigenvalue weighted by Crippen LogP contribution is -2.24. The fourth-order valence-corrected chi connectivity index (χ4v) is 4.03. The van der Waals surface area contributed by atoms with Crippen molar-refractivity contribution in [2.24, 2.45) is 0 Å².